The van der Waals surface area contributed by atoms with Crippen LogP contribution in [0, 0.1) is 11.3 Å². The lowest BCUT2D eigenvalue weighted by atomic mass is 9.46. The molecule has 1 amide bonds. The fraction of sp³-hybridized carbons (Fsp3) is 0.938. The zero-order valence-corrected chi connectivity index (χ0v) is 13.8. The van der Waals surface area contributed by atoms with Crippen LogP contribution in [0.1, 0.15) is 47.0 Å². The number of rotatable bonds is 5. The minimum Gasteiger partial charge on any atom is -0.396 e. The molecule has 0 aromatic heterocycles. The molecule has 2 rings (SSSR count). The first-order valence-electron chi connectivity index (χ1n) is 8.11. The zero-order chi connectivity index (χ0) is 15.8. The van der Waals surface area contributed by atoms with Crippen LogP contribution in [0.2, 0.25) is 0 Å². The van der Waals surface area contributed by atoms with E-state index in [2.05, 4.69) is 0 Å². The molecule has 0 aromatic rings. The Morgan fingerprint density at radius 2 is 2.14 bits per heavy atom. The predicted molar refractivity (Wildman–Crippen MR) is 81.7 cm³/mol. The van der Waals surface area contributed by atoms with Crippen molar-refractivity contribution >= 4 is 5.91 Å². The van der Waals surface area contributed by atoms with Crippen LogP contribution in [0.5, 0.6) is 0 Å². The Morgan fingerprint density at radius 1 is 1.48 bits per heavy atom. The average Bonchev–Trinajstić information content (AvgIpc) is 2.46. The van der Waals surface area contributed by atoms with E-state index in [1.807, 2.05) is 32.6 Å². The van der Waals surface area contributed by atoms with Crippen LogP contribution >= 0.6 is 0 Å². The summed E-state index contributed by atoms with van der Waals surface area (Å²) in [6.45, 7) is 9.50. The quantitative estimate of drug-likeness (QED) is 0.798. The van der Waals surface area contributed by atoms with Gasteiger partial charge in [-0.05, 0) is 33.1 Å². The van der Waals surface area contributed by atoms with E-state index in [4.69, 9.17) is 15.6 Å². The van der Waals surface area contributed by atoms with Crippen molar-refractivity contribution in [1.82, 2.24) is 4.90 Å². The molecule has 1 heterocycles. The van der Waals surface area contributed by atoms with Crippen LogP contribution < -0.4 is 5.73 Å². The van der Waals surface area contributed by atoms with Gasteiger partial charge in [-0.2, -0.15) is 0 Å². The summed E-state index contributed by atoms with van der Waals surface area (Å²) in [6, 6.07) is 0.0869. The maximum Gasteiger partial charge on any atom is 0.243 e. The van der Waals surface area contributed by atoms with Crippen LogP contribution in [0.4, 0.5) is 0 Å². The molecule has 5 heteroatoms. The van der Waals surface area contributed by atoms with E-state index in [1.54, 1.807) is 0 Å². The van der Waals surface area contributed by atoms with E-state index in [-0.39, 0.29) is 36.0 Å². The van der Waals surface area contributed by atoms with Gasteiger partial charge in [0.1, 0.15) is 5.54 Å². The van der Waals surface area contributed by atoms with Crippen LogP contribution in [-0.2, 0) is 9.53 Å². The summed E-state index contributed by atoms with van der Waals surface area (Å²) in [5, 5.41) is 9.05. The van der Waals surface area contributed by atoms with Gasteiger partial charge in [0.2, 0.25) is 5.91 Å². The molecule has 2 fully saturated rings. The summed E-state index contributed by atoms with van der Waals surface area (Å²) in [5.41, 5.74) is 5.46. The number of fused-ring (bicyclic) bond motifs is 1. The minimum absolute atomic E-state index is 0.0164. The van der Waals surface area contributed by atoms with Crippen molar-refractivity contribution in [3.05, 3.63) is 0 Å². The zero-order valence-electron chi connectivity index (χ0n) is 13.8. The summed E-state index contributed by atoms with van der Waals surface area (Å²) in [5.74, 6) is 0.131. The monoisotopic (exact) mass is 298 g/mol. The Kier molecular flexibility index (Phi) is 4.66. The van der Waals surface area contributed by atoms with Gasteiger partial charge in [0.15, 0.2) is 0 Å². The van der Waals surface area contributed by atoms with Crippen molar-refractivity contribution in [1.29, 1.82) is 0 Å². The Balaban J connectivity index is 2.22. The number of hydrogen-bond acceptors (Lipinski definition) is 4. The number of amides is 1. The number of ether oxygens (including phenoxy) is 1. The number of aliphatic hydroxyl groups excluding tert-OH is 1. The van der Waals surface area contributed by atoms with E-state index < -0.39 is 5.54 Å². The maximum atomic E-state index is 13.1. The van der Waals surface area contributed by atoms with Gasteiger partial charge < -0.3 is 20.5 Å². The van der Waals surface area contributed by atoms with Gasteiger partial charge in [-0.25, -0.2) is 0 Å². The number of carbonyl (C=O) groups excluding carboxylic acids is 1. The summed E-state index contributed by atoms with van der Waals surface area (Å²) < 4.78 is 5.87. The standard InChI is InChI=1S/C16H30N2O3/c1-11(2)18(8-6-9-19)14(20)16(17)12-7-5-10-21-13(12)15(16,3)4/h11-13,19H,5-10,17H2,1-4H3. The number of nitrogens with two attached hydrogens (primary N) is 1. The van der Waals surface area contributed by atoms with Gasteiger partial charge >= 0.3 is 0 Å². The highest BCUT2D eigenvalue weighted by atomic mass is 16.5. The molecule has 122 valence electrons. The smallest absolute Gasteiger partial charge is 0.243 e. The molecule has 0 bridgehead atoms. The van der Waals surface area contributed by atoms with Crippen LogP contribution in [0.15, 0.2) is 0 Å². The highest BCUT2D eigenvalue weighted by Gasteiger charge is 2.70. The Morgan fingerprint density at radius 3 is 2.71 bits per heavy atom. The summed E-state index contributed by atoms with van der Waals surface area (Å²) in [4.78, 5) is 15.0. The van der Waals surface area contributed by atoms with Crippen molar-refractivity contribution in [3.8, 4) is 0 Å². The van der Waals surface area contributed by atoms with Gasteiger partial charge in [-0.1, -0.05) is 13.8 Å². The Bertz CT molecular complexity index is 397. The second-order valence-corrected chi connectivity index (χ2v) is 7.30. The topological polar surface area (TPSA) is 75.8 Å². The fourth-order valence-electron chi connectivity index (χ4n) is 4.08. The van der Waals surface area contributed by atoms with Crippen molar-refractivity contribution in [3.63, 3.8) is 0 Å². The normalized spacial score (nSPS) is 34.2. The minimum atomic E-state index is -0.849. The maximum absolute atomic E-state index is 13.1. The van der Waals surface area contributed by atoms with Crippen molar-refractivity contribution < 1.29 is 14.6 Å². The van der Waals surface area contributed by atoms with E-state index in [0.29, 0.717) is 13.0 Å². The first kappa shape index (κ1) is 16.7. The predicted octanol–water partition coefficient (Wildman–Crippen LogP) is 1.14. The lowest BCUT2D eigenvalue weighted by Gasteiger charge is -2.66. The van der Waals surface area contributed by atoms with Gasteiger partial charge in [0.05, 0.1) is 6.10 Å². The molecule has 5 nitrogen and oxygen atoms in total. The molecule has 3 unspecified atom stereocenters. The van der Waals surface area contributed by atoms with Gasteiger partial charge in [0, 0.05) is 37.1 Å². The summed E-state index contributed by atoms with van der Waals surface area (Å²) >= 11 is 0. The molecule has 1 aliphatic carbocycles. The van der Waals surface area contributed by atoms with Crippen molar-refractivity contribution in [2.24, 2.45) is 17.1 Å². The van der Waals surface area contributed by atoms with Crippen molar-refractivity contribution in [2.45, 2.75) is 64.6 Å². The molecule has 0 aromatic carbocycles. The molecule has 0 spiro atoms. The highest BCUT2D eigenvalue weighted by Crippen LogP contribution is 2.58. The molecule has 1 saturated carbocycles. The molecule has 1 saturated heterocycles. The molecule has 3 N–H and O–H groups in total. The lowest BCUT2D eigenvalue weighted by Crippen LogP contribution is -2.82. The highest BCUT2D eigenvalue weighted by molar-refractivity contribution is 5.89. The first-order chi connectivity index (χ1) is 9.78. The largest absolute Gasteiger partial charge is 0.396 e. The van der Waals surface area contributed by atoms with Crippen molar-refractivity contribution in [2.75, 3.05) is 19.8 Å². The Labute approximate surface area is 127 Å². The van der Waals surface area contributed by atoms with E-state index >= 15 is 0 Å². The molecule has 0 radical (unpaired) electrons. The van der Waals surface area contributed by atoms with Gasteiger partial charge in [-0.3, -0.25) is 4.79 Å². The lowest BCUT2D eigenvalue weighted by molar-refractivity contribution is -0.230. The Hall–Kier alpha value is -0.650. The van der Waals surface area contributed by atoms with E-state index in [0.717, 1.165) is 19.4 Å². The summed E-state index contributed by atoms with van der Waals surface area (Å²) in [7, 11) is 0. The van der Waals surface area contributed by atoms with Gasteiger partial charge in [0.25, 0.3) is 0 Å². The third kappa shape index (κ3) is 2.39. The second-order valence-electron chi connectivity index (χ2n) is 7.30. The van der Waals surface area contributed by atoms with Crippen LogP contribution in [0.25, 0.3) is 0 Å². The molecular formula is C16H30N2O3. The van der Waals surface area contributed by atoms with E-state index in [9.17, 15) is 4.79 Å². The molecule has 3 atom stereocenters. The van der Waals surface area contributed by atoms with Crippen LogP contribution in [-0.4, -0.2) is 53.4 Å². The first-order valence-corrected chi connectivity index (χ1v) is 8.11. The molecule has 2 aliphatic rings. The SMILES string of the molecule is CC(C)N(CCCO)C(=O)C1(N)C2CCCOC2C1(C)C. The van der Waals surface area contributed by atoms with Gasteiger partial charge in [-0.15, -0.1) is 0 Å². The van der Waals surface area contributed by atoms with Crippen LogP contribution in [0.3, 0.4) is 0 Å². The summed E-state index contributed by atoms with van der Waals surface area (Å²) in [6.07, 6.45) is 2.61. The molecular weight excluding hydrogens is 268 g/mol. The number of aliphatic hydroxyl groups is 1. The fourth-order valence-corrected chi connectivity index (χ4v) is 4.08. The molecule has 21 heavy (non-hydrogen) atoms. The number of carbonyl (C=O) groups is 1. The van der Waals surface area contributed by atoms with E-state index in [1.165, 1.54) is 0 Å². The average molecular weight is 298 g/mol. The number of hydrogen-bond donors (Lipinski definition) is 2. The molecule has 1 aliphatic heterocycles. The third-order valence-corrected chi connectivity index (χ3v) is 5.48. The second kappa shape index (κ2) is 5.86. The third-order valence-electron chi connectivity index (χ3n) is 5.48. The number of nitrogens with zero attached hydrogens (tertiary/aromatic N) is 1.